The molecule has 0 aromatic carbocycles. The Kier molecular flexibility index (Phi) is 7.00. The fraction of sp³-hybridized carbons (Fsp3) is 1.00. The summed E-state index contributed by atoms with van der Waals surface area (Å²) in [6, 6.07) is 2.05. The highest BCUT2D eigenvalue weighted by Gasteiger charge is 2.38. The third-order valence-electron chi connectivity index (χ3n) is 5.15. The first-order valence-electron chi connectivity index (χ1n) is 8.80. The summed E-state index contributed by atoms with van der Waals surface area (Å²) >= 11 is 0. The molecular formula is C18H38N2. The lowest BCUT2D eigenvalue weighted by Gasteiger charge is -2.47. The van der Waals surface area contributed by atoms with Crippen LogP contribution < -0.4 is 5.32 Å². The Morgan fingerprint density at radius 1 is 1.15 bits per heavy atom. The zero-order chi connectivity index (χ0) is 15.3. The fourth-order valence-corrected chi connectivity index (χ4v) is 3.85. The molecule has 1 rings (SSSR count). The Morgan fingerprint density at radius 2 is 1.80 bits per heavy atom. The van der Waals surface area contributed by atoms with Crippen molar-refractivity contribution in [2.75, 3.05) is 13.1 Å². The van der Waals surface area contributed by atoms with E-state index < -0.39 is 0 Å². The van der Waals surface area contributed by atoms with Gasteiger partial charge in [-0.15, -0.1) is 0 Å². The molecule has 1 N–H and O–H groups in total. The molecule has 3 atom stereocenters. The van der Waals surface area contributed by atoms with Gasteiger partial charge in [-0.05, 0) is 64.0 Å². The molecule has 20 heavy (non-hydrogen) atoms. The van der Waals surface area contributed by atoms with Crippen LogP contribution in [0.4, 0.5) is 0 Å². The molecule has 0 bridgehead atoms. The van der Waals surface area contributed by atoms with E-state index in [9.17, 15) is 0 Å². The van der Waals surface area contributed by atoms with E-state index in [-0.39, 0.29) is 0 Å². The van der Waals surface area contributed by atoms with Crippen LogP contribution >= 0.6 is 0 Å². The predicted octanol–water partition coefficient (Wildman–Crippen LogP) is 4.30. The number of likely N-dealkylation sites (N-methyl/N-ethyl adjacent to an activating group) is 1. The largest absolute Gasteiger partial charge is 0.312 e. The van der Waals surface area contributed by atoms with Crippen LogP contribution in [0.25, 0.3) is 0 Å². The number of nitrogens with one attached hydrogen (secondary N) is 1. The smallest absolute Gasteiger partial charge is 0.0254 e. The molecule has 1 saturated carbocycles. The minimum atomic E-state index is 0.449. The van der Waals surface area contributed by atoms with Crippen LogP contribution in [0.2, 0.25) is 0 Å². The first-order valence-corrected chi connectivity index (χ1v) is 8.80. The maximum Gasteiger partial charge on any atom is 0.0254 e. The van der Waals surface area contributed by atoms with E-state index in [1.54, 1.807) is 0 Å². The summed E-state index contributed by atoms with van der Waals surface area (Å²) in [5.41, 5.74) is 0.449. The molecule has 0 radical (unpaired) electrons. The van der Waals surface area contributed by atoms with Crippen molar-refractivity contribution in [3.8, 4) is 0 Å². The van der Waals surface area contributed by atoms with Crippen molar-refractivity contribution in [3.63, 3.8) is 0 Å². The molecule has 0 saturated heterocycles. The SMILES string of the molecule is CCCNC1CCC(C(C)(C)C)CC1N(CC)C(C)C. The number of hydrogen-bond donors (Lipinski definition) is 1. The molecule has 2 nitrogen and oxygen atoms in total. The van der Waals surface area contributed by atoms with Gasteiger partial charge in [0, 0.05) is 18.1 Å². The predicted molar refractivity (Wildman–Crippen MR) is 90.2 cm³/mol. The van der Waals surface area contributed by atoms with Crippen molar-refractivity contribution in [3.05, 3.63) is 0 Å². The van der Waals surface area contributed by atoms with Crippen LogP contribution in [0.1, 0.15) is 74.1 Å². The van der Waals surface area contributed by atoms with Gasteiger partial charge in [0.15, 0.2) is 0 Å². The van der Waals surface area contributed by atoms with E-state index in [0.29, 0.717) is 23.5 Å². The van der Waals surface area contributed by atoms with Gasteiger partial charge in [0.05, 0.1) is 0 Å². The van der Waals surface area contributed by atoms with Crippen molar-refractivity contribution in [2.24, 2.45) is 11.3 Å². The summed E-state index contributed by atoms with van der Waals surface area (Å²) in [6.07, 6.45) is 5.32. The quantitative estimate of drug-likeness (QED) is 0.781. The summed E-state index contributed by atoms with van der Waals surface area (Å²) in [4.78, 5) is 2.71. The highest BCUT2D eigenvalue weighted by molar-refractivity contribution is 4.94. The lowest BCUT2D eigenvalue weighted by molar-refractivity contribution is 0.0440. The summed E-state index contributed by atoms with van der Waals surface area (Å²) in [5.74, 6) is 0.861. The van der Waals surface area contributed by atoms with Crippen LogP contribution in [0.5, 0.6) is 0 Å². The van der Waals surface area contributed by atoms with Gasteiger partial charge in [-0.25, -0.2) is 0 Å². The number of hydrogen-bond acceptors (Lipinski definition) is 2. The summed E-state index contributed by atoms with van der Waals surface area (Å²) in [6.45, 7) is 18.9. The monoisotopic (exact) mass is 282 g/mol. The van der Waals surface area contributed by atoms with Crippen LogP contribution in [0.3, 0.4) is 0 Å². The molecule has 0 aromatic rings. The molecule has 1 aliphatic carbocycles. The second kappa shape index (κ2) is 7.79. The van der Waals surface area contributed by atoms with Gasteiger partial charge in [0.25, 0.3) is 0 Å². The molecule has 2 heteroatoms. The maximum absolute atomic E-state index is 3.82. The van der Waals surface area contributed by atoms with E-state index in [2.05, 4.69) is 58.7 Å². The van der Waals surface area contributed by atoms with E-state index in [1.807, 2.05) is 0 Å². The van der Waals surface area contributed by atoms with Crippen molar-refractivity contribution in [1.29, 1.82) is 0 Å². The third kappa shape index (κ3) is 4.73. The summed E-state index contributed by atoms with van der Waals surface area (Å²) in [7, 11) is 0. The van der Waals surface area contributed by atoms with Crippen LogP contribution in [-0.2, 0) is 0 Å². The minimum Gasteiger partial charge on any atom is -0.312 e. The third-order valence-corrected chi connectivity index (χ3v) is 5.15. The van der Waals surface area contributed by atoms with E-state index in [1.165, 1.54) is 32.2 Å². The highest BCUT2D eigenvalue weighted by atomic mass is 15.2. The van der Waals surface area contributed by atoms with Gasteiger partial charge < -0.3 is 5.32 Å². The Balaban J connectivity index is 2.82. The van der Waals surface area contributed by atoms with E-state index in [4.69, 9.17) is 0 Å². The molecular weight excluding hydrogens is 244 g/mol. The van der Waals surface area contributed by atoms with E-state index in [0.717, 1.165) is 12.5 Å². The van der Waals surface area contributed by atoms with Crippen LogP contribution in [-0.4, -0.2) is 36.1 Å². The molecule has 120 valence electrons. The standard InChI is InChI=1S/C18H38N2/c1-8-12-19-16-11-10-15(18(5,6)7)13-17(16)20(9-2)14(3)4/h14-17,19H,8-13H2,1-7H3. The first-order chi connectivity index (χ1) is 9.31. The lowest BCUT2D eigenvalue weighted by atomic mass is 9.69. The van der Waals surface area contributed by atoms with Gasteiger partial charge in [0.2, 0.25) is 0 Å². The van der Waals surface area contributed by atoms with Gasteiger partial charge in [-0.1, -0.05) is 34.6 Å². The molecule has 1 fully saturated rings. The van der Waals surface area contributed by atoms with Crippen LogP contribution in [0, 0.1) is 11.3 Å². The van der Waals surface area contributed by atoms with Crippen molar-refractivity contribution in [1.82, 2.24) is 10.2 Å². The normalized spacial score (nSPS) is 28.4. The van der Waals surface area contributed by atoms with Crippen molar-refractivity contribution < 1.29 is 0 Å². The van der Waals surface area contributed by atoms with Crippen LogP contribution in [0.15, 0.2) is 0 Å². The number of nitrogens with zero attached hydrogens (tertiary/aromatic N) is 1. The Labute approximate surface area is 127 Å². The van der Waals surface area contributed by atoms with Gasteiger partial charge >= 0.3 is 0 Å². The van der Waals surface area contributed by atoms with Gasteiger partial charge in [0.1, 0.15) is 0 Å². The Morgan fingerprint density at radius 3 is 2.25 bits per heavy atom. The zero-order valence-electron chi connectivity index (χ0n) is 15.0. The Bertz CT molecular complexity index is 267. The molecule has 1 aliphatic rings. The van der Waals surface area contributed by atoms with Gasteiger partial charge in [-0.3, -0.25) is 4.90 Å². The van der Waals surface area contributed by atoms with Gasteiger partial charge in [-0.2, -0.15) is 0 Å². The van der Waals surface area contributed by atoms with Crippen molar-refractivity contribution in [2.45, 2.75) is 92.3 Å². The molecule has 0 aliphatic heterocycles. The first kappa shape index (κ1) is 18.0. The average Bonchev–Trinajstić information content (AvgIpc) is 2.36. The summed E-state index contributed by atoms with van der Waals surface area (Å²) in [5, 5.41) is 3.82. The maximum atomic E-state index is 3.82. The van der Waals surface area contributed by atoms with Crippen molar-refractivity contribution >= 4 is 0 Å². The molecule has 3 unspecified atom stereocenters. The Hall–Kier alpha value is -0.0800. The second-order valence-corrected chi connectivity index (χ2v) is 7.93. The molecule has 0 spiro atoms. The van der Waals surface area contributed by atoms with E-state index >= 15 is 0 Å². The second-order valence-electron chi connectivity index (χ2n) is 7.93. The molecule has 0 heterocycles. The zero-order valence-corrected chi connectivity index (χ0v) is 15.0. The minimum absolute atomic E-state index is 0.449. The highest BCUT2D eigenvalue weighted by Crippen LogP contribution is 2.39. The average molecular weight is 283 g/mol. The summed E-state index contributed by atoms with van der Waals surface area (Å²) < 4.78 is 0. The lowest BCUT2D eigenvalue weighted by Crippen LogP contribution is -2.56. The topological polar surface area (TPSA) is 15.3 Å². The fourth-order valence-electron chi connectivity index (χ4n) is 3.85. The number of rotatable bonds is 6. The molecule has 0 aromatic heterocycles. The molecule has 0 amide bonds.